The van der Waals surface area contributed by atoms with Gasteiger partial charge in [-0.1, -0.05) is 44.2 Å². The van der Waals surface area contributed by atoms with Crippen molar-refractivity contribution in [2.75, 3.05) is 13.2 Å². The zero-order valence-corrected chi connectivity index (χ0v) is 13.4. The first-order valence-electron chi connectivity index (χ1n) is 7.88. The smallest absolute Gasteiger partial charge is 0.0509 e. The van der Waals surface area contributed by atoms with E-state index in [9.17, 15) is 0 Å². The number of ether oxygens (including phenoxy) is 1. The van der Waals surface area contributed by atoms with Crippen LogP contribution in [0.1, 0.15) is 46.1 Å². The first-order chi connectivity index (χ1) is 9.49. The van der Waals surface area contributed by atoms with E-state index in [0.717, 1.165) is 19.6 Å². The Hall–Kier alpha value is -0.860. The van der Waals surface area contributed by atoms with Crippen molar-refractivity contribution in [1.29, 1.82) is 0 Å². The van der Waals surface area contributed by atoms with E-state index in [-0.39, 0.29) is 5.41 Å². The molecule has 1 heterocycles. The Morgan fingerprint density at radius 2 is 1.95 bits per heavy atom. The van der Waals surface area contributed by atoms with Crippen LogP contribution < -0.4 is 5.32 Å². The Balaban J connectivity index is 1.88. The molecule has 0 spiro atoms. The van der Waals surface area contributed by atoms with E-state index in [1.54, 1.807) is 0 Å². The summed E-state index contributed by atoms with van der Waals surface area (Å²) in [4.78, 5) is 0. The van der Waals surface area contributed by atoms with Gasteiger partial charge < -0.3 is 10.1 Å². The normalized spacial score (nSPS) is 22.7. The third-order valence-electron chi connectivity index (χ3n) is 4.59. The van der Waals surface area contributed by atoms with Gasteiger partial charge >= 0.3 is 0 Å². The summed E-state index contributed by atoms with van der Waals surface area (Å²) in [7, 11) is 0. The lowest BCUT2D eigenvalue weighted by molar-refractivity contribution is 0.176. The van der Waals surface area contributed by atoms with Crippen molar-refractivity contribution < 1.29 is 4.74 Å². The van der Waals surface area contributed by atoms with E-state index < -0.39 is 0 Å². The van der Waals surface area contributed by atoms with Gasteiger partial charge in [0.1, 0.15) is 0 Å². The van der Waals surface area contributed by atoms with Crippen LogP contribution in [-0.4, -0.2) is 25.3 Å². The van der Waals surface area contributed by atoms with Crippen molar-refractivity contribution in [2.24, 2.45) is 5.92 Å². The highest BCUT2D eigenvalue weighted by Crippen LogP contribution is 2.28. The first-order valence-corrected chi connectivity index (χ1v) is 7.88. The molecule has 0 radical (unpaired) electrons. The molecule has 0 aromatic heterocycles. The highest BCUT2D eigenvalue weighted by atomic mass is 16.5. The minimum absolute atomic E-state index is 0.208. The molecule has 0 amide bonds. The molecule has 1 aromatic carbocycles. The summed E-state index contributed by atoms with van der Waals surface area (Å²) in [6.07, 6.45) is 2.35. The minimum Gasteiger partial charge on any atom is -0.381 e. The van der Waals surface area contributed by atoms with E-state index in [0.29, 0.717) is 18.0 Å². The Morgan fingerprint density at radius 1 is 1.25 bits per heavy atom. The summed E-state index contributed by atoms with van der Waals surface area (Å²) in [6, 6.07) is 11.9. The summed E-state index contributed by atoms with van der Waals surface area (Å²) < 4.78 is 5.49. The van der Waals surface area contributed by atoms with Crippen LogP contribution in [0, 0.1) is 5.92 Å². The van der Waals surface area contributed by atoms with Crippen LogP contribution in [0.5, 0.6) is 0 Å². The van der Waals surface area contributed by atoms with Gasteiger partial charge in [0.25, 0.3) is 0 Å². The average Bonchev–Trinajstić information content (AvgIpc) is 2.93. The Kier molecular flexibility index (Phi) is 5.22. The maximum absolute atomic E-state index is 5.49. The van der Waals surface area contributed by atoms with Gasteiger partial charge in [-0.15, -0.1) is 0 Å². The van der Waals surface area contributed by atoms with Crippen molar-refractivity contribution in [3.63, 3.8) is 0 Å². The number of nitrogens with one attached hydrogen (secondary N) is 1. The monoisotopic (exact) mass is 275 g/mol. The molecule has 1 N–H and O–H groups in total. The summed E-state index contributed by atoms with van der Waals surface area (Å²) in [6.45, 7) is 11.1. The maximum atomic E-state index is 5.49. The fraction of sp³-hybridized carbons (Fsp3) is 0.667. The standard InChI is InChI=1S/C18H29NO/c1-14(19-15(2)16-10-11-20-13-16)12-18(3,4)17-8-6-5-7-9-17/h5-9,14-16,19H,10-13H2,1-4H3. The predicted octanol–water partition coefficient (Wildman–Crippen LogP) is 3.76. The lowest BCUT2D eigenvalue weighted by Gasteiger charge is -2.32. The van der Waals surface area contributed by atoms with Crippen LogP contribution in [0.2, 0.25) is 0 Å². The first kappa shape index (κ1) is 15.5. The summed E-state index contributed by atoms with van der Waals surface area (Å²) in [5.41, 5.74) is 1.63. The third kappa shape index (κ3) is 4.07. The van der Waals surface area contributed by atoms with Gasteiger partial charge in [-0.3, -0.25) is 0 Å². The van der Waals surface area contributed by atoms with Crippen molar-refractivity contribution in [2.45, 2.75) is 58.0 Å². The van der Waals surface area contributed by atoms with Crippen LogP contribution in [0.25, 0.3) is 0 Å². The van der Waals surface area contributed by atoms with Crippen LogP contribution in [0.15, 0.2) is 30.3 Å². The second-order valence-electron chi connectivity index (χ2n) is 6.93. The molecule has 20 heavy (non-hydrogen) atoms. The molecule has 1 saturated heterocycles. The number of hydrogen-bond acceptors (Lipinski definition) is 2. The zero-order valence-electron chi connectivity index (χ0n) is 13.4. The molecule has 0 bridgehead atoms. The molecule has 3 unspecified atom stereocenters. The predicted molar refractivity (Wildman–Crippen MR) is 85.1 cm³/mol. The molecule has 2 nitrogen and oxygen atoms in total. The van der Waals surface area contributed by atoms with Gasteiger partial charge in [0.05, 0.1) is 6.61 Å². The number of benzene rings is 1. The largest absolute Gasteiger partial charge is 0.381 e. The van der Waals surface area contributed by atoms with E-state index >= 15 is 0 Å². The molecule has 112 valence electrons. The van der Waals surface area contributed by atoms with Gasteiger partial charge in [0, 0.05) is 18.7 Å². The molecular weight excluding hydrogens is 246 g/mol. The Labute approximate surface area is 123 Å². The highest BCUT2D eigenvalue weighted by Gasteiger charge is 2.27. The SMILES string of the molecule is CC(CC(C)(C)c1ccccc1)NC(C)C1CCOC1. The Morgan fingerprint density at radius 3 is 2.55 bits per heavy atom. The fourth-order valence-electron chi connectivity index (χ4n) is 3.36. The summed E-state index contributed by atoms with van der Waals surface area (Å²) in [5.74, 6) is 0.678. The molecule has 1 aromatic rings. The minimum atomic E-state index is 0.208. The average molecular weight is 275 g/mol. The van der Waals surface area contributed by atoms with Crippen molar-refractivity contribution in [3.05, 3.63) is 35.9 Å². The second kappa shape index (κ2) is 6.73. The lowest BCUT2D eigenvalue weighted by Crippen LogP contribution is -2.42. The number of rotatable bonds is 6. The molecular formula is C18H29NO. The molecule has 0 aliphatic carbocycles. The summed E-state index contributed by atoms with van der Waals surface area (Å²) in [5, 5.41) is 3.77. The van der Waals surface area contributed by atoms with E-state index in [1.165, 1.54) is 12.0 Å². The summed E-state index contributed by atoms with van der Waals surface area (Å²) >= 11 is 0. The second-order valence-corrected chi connectivity index (χ2v) is 6.93. The highest BCUT2D eigenvalue weighted by molar-refractivity contribution is 5.23. The molecule has 1 fully saturated rings. The van der Waals surface area contributed by atoms with Gasteiger partial charge in [0.15, 0.2) is 0 Å². The molecule has 1 aliphatic heterocycles. The molecule has 0 saturated carbocycles. The molecule has 1 aliphatic rings. The number of hydrogen-bond donors (Lipinski definition) is 1. The van der Waals surface area contributed by atoms with Gasteiger partial charge in [-0.05, 0) is 43.6 Å². The quantitative estimate of drug-likeness (QED) is 0.853. The van der Waals surface area contributed by atoms with E-state index in [4.69, 9.17) is 4.74 Å². The van der Waals surface area contributed by atoms with E-state index in [2.05, 4.69) is 63.3 Å². The van der Waals surface area contributed by atoms with E-state index in [1.807, 2.05) is 0 Å². The van der Waals surface area contributed by atoms with Crippen molar-refractivity contribution >= 4 is 0 Å². The van der Waals surface area contributed by atoms with Gasteiger partial charge in [0.2, 0.25) is 0 Å². The van der Waals surface area contributed by atoms with Crippen LogP contribution in [0.4, 0.5) is 0 Å². The van der Waals surface area contributed by atoms with Crippen LogP contribution >= 0.6 is 0 Å². The zero-order chi connectivity index (χ0) is 14.6. The molecule has 3 atom stereocenters. The molecule has 2 rings (SSSR count). The van der Waals surface area contributed by atoms with Gasteiger partial charge in [-0.25, -0.2) is 0 Å². The topological polar surface area (TPSA) is 21.3 Å². The van der Waals surface area contributed by atoms with Crippen LogP contribution in [0.3, 0.4) is 0 Å². The van der Waals surface area contributed by atoms with Gasteiger partial charge in [-0.2, -0.15) is 0 Å². The fourth-order valence-corrected chi connectivity index (χ4v) is 3.36. The van der Waals surface area contributed by atoms with Crippen LogP contribution in [-0.2, 0) is 10.2 Å². The third-order valence-corrected chi connectivity index (χ3v) is 4.59. The lowest BCUT2D eigenvalue weighted by atomic mass is 9.79. The maximum Gasteiger partial charge on any atom is 0.0509 e. The molecule has 2 heteroatoms. The van der Waals surface area contributed by atoms with Crippen molar-refractivity contribution in [1.82, 2.24) is 5.32 Å². The Bertz CT molecular complexity index is 395. The van der Waals surface area contributed by atoms with Crippen molar-refractivity contribution in [3.8, 4) is 0 Å².